The zero-order valence-corrected chi connectivity index (χ0v) is 34.9. The Morgan fingerprint density at radius 3 is 1.03 bits per heavy atom. The average molecular weight is 1060 g/mol. The minimum Gasteiger partial charge on any atom is -0.406 e. The van der Waals surface area contributed by atoms with Gasteiger partial charge < -0.3 is 4.74 Å². The maximum absolute atomic E-state index is 15.4. The molecule has 0 aliphatic heterocycles. The SMILES string of the molecule is Fc1c(F)c(F)c([B-](c2c(F)c(F)c(F)c(F)c2F)(c2c(F)c(F)c(F)c(F)c2F)c2c(F)c(F)c(F)c(F)c2F)c(F)c1F.O=C(OC(Cl)(Cl)Cl)c1c2ccccc2cc[n+]1Cc1ccccc1. The second-order valence-corrected chi connectivity index (χ2v) is 16.2. The van der Waals surface area contributed by atoms with Crippen LogP contribution in [0.15, 0.2) is 66.9 Å². The first-order chi connectivity index (χ1) is 32.1. The van der Waals surface area contributed by atoms with Crippen LogP contribution < -0.4 is 26.4 Å². The van der Waals surface area contributed by atoms with E-state index in [1.807, 2.05) is 66.9 Å². The lowest BCUT2D eigenvalue weighted by molar-refractivity contribution is -0.689. The predicted molar refractivity (Wildman–Crippen MR) is 205 cm³/mol. The highest BCUT2D eigenvalue weighted by atomic mass is 35.6. The number of hydrogen-bond acceptors (Lipinski definition) is 2. The molecule has 362 valence electrons. The molecule has 7 aromatic rings. The summed E-state index contributed by atoms with van der Waals surface area (Å²) in [4.78, 5) is 12.6. The summed E-state index contributed by atoms with van der Waals surface area (Å²) < 4.78 is 299. The lowest BCUT2D eigenvalue weighted by Crippen LogP contribution is -2.81. The van der Waals surface area contributed by atoms with Crippen molar-refractivity contribution in [2.75, 3.05) is 0 Å². The number of rotatable bonds is 7. The number of alkyl halides is 3. The Hall–Kier alpha value is -6.27. The zero-order valence-electron chi connectivity index (χ0n) is 32.6. The fourth-order valence-electron chi connectivity index (χ4n) is 7.42. The zero-order chi connectivity index (χ0) is 51.5. The molecule has 0 amide bonds. The molecule has 0 unspecified atom stereocenters. The smallest absolute Gasteiger partial charge is 0.406 e. The van der Waals surface area contributed by atoms with Gasteiger partial charge in [-0.1, -0.05) is 48.5 Å². The molecule has 69 heavy (non-hydrogen) atoms. The quantitative estimate of drug-likeness (QED) is 0.0303. The van der Waals surface area contributed by atoms with Gasteiger partial charge in [0.2, 0.25) is 0 Å². The number of benzene rings is 6. The van der Waals surface area contributed by atoms with Crippen molar-refractivity contribution >= 4 is 79.5 Å². The van der Waals surface area contributed by atoms with Gasteiger partial charge in [-0.15, -0.1) is 21.9 Å². The van der Waals surface area contributed by atoms with Gasteiger partial charge in [0.1, 0.15) is 52.7 Å². The van der Waals surface area contributed by atoms with Crippen LogP contribution in [0, 0.1) is 116 Å². The van der Waals surface area contributed by atoms with Crippen LogP contribution in [0.3, 0.4) is 0 Å². The molecule has 6 aromatic carbocycles. The van der Waals surface area contributed by atoms with Gasteiger partial charge in [0.05, 0.1) is 5.39 Å². The third-order valence-electron chi connectivity index (χ3n) is 10.2. The maximum atomic E-state index is 15.4. The molecular formula is C42H13BCl3F20NO2. The molecule has 0 saturated heterocycles. The van der Waals surface area contributed by atoms with Gasteiger partial charge in [-0.2, -0.15) is 4.57 Å². The molecule has 1 aromatic heterocycles. The Bertz CT molecular complexity index is 2870. The first-order valence-corrected chi connectivity index (χ1v) is 19.3. The van der Waals surface area contributed by atoms with Gasteiger partial charge in [0, 0.05) is 11.6 Å². The van der Waals surface area contributed by atoms with Crippen LogP contribution in [0.5, 0.6) is 0 Å². The van der Waals surface area contributed by atoms with Crippen molar-refractivity contribution in [2.45, 2.75) is 10.5 Å². The molecule has 0 spiro atoms. The van der Waals surface area contributed by atoms with Crippen LogP contribution in [-0.4, -0.2) is 16.1 Å². The lowest BCUT2D eigenvalue weighted by Gasteiger charge is -2.44. The molecule has 7 rings (SSSR count). The first kappa shape index (κ1) is 52.1. The van der Waals surface area contributed by atoms with Crippen LogP contribution >= 0.6 is 34.8 Å². The average Bonchev–Trinajstić information content (AvgIpc) is 3.31. The van der Waals surface area contributed by atoms with E-state index in [2.05, 4.69) is 0 Å². The van der Waals surface area contributed by atoms with Crippen molar-refractivity contribution in [3.05, 3.63) is 194 Å². The van der Waals surface area contributed by atoms with E-state index < -0.39 is 154 Å². The standard InChI is InChI=1S/C24BF20.C18H13Cl3NO2/c26-5-1(6(27)14(35)21(42)13(5)34)25(2-7(28)15(36)22(43)16(37)8(2)29,3-9(30)17(38)23(44)18(39)10(3)31)4-11(32)19(40)24(45)20(41)12(4)33;19-18(20,21)24-17(23)16-15-9-5-4-8-14(15)10-11-22(16)12-13-6-2-1-3-7-13/h;1-11H,12H2/q-1;+1. The summed E-state index contributed by atoms with van der Waals surface area (Å²) in [6.45, 7) is 0.496. The highest BCUT2D eigenvalue weighted by Crippen LogP contribution is 2.32. The number of aromatic nitrogens is 1. The number of hydrogen-bond donors (Lipinski definition) is 0. The normalized spacial score (nSPS) is 11.8. The molecular weight excluding hydrogens is 1050 g/mol. The predicted octanol–water partition coefficient (Wildman–Crippen LogP) is 10.5. The van der Waals surface area contributed by atoms with E-state index in [1.165, 1.54) is 0 Å². The number of nitrogens with zero attached hydrogens (tertiary/aromatic N) is 1. The Kier molecular flexibility index (Phi) is 14.5. The summed E-state index contributed by atoms with van der Waals surface area (Å²) in [5, 5.41) is 1.63. The molecule has 0 N–H and O–H groups in total. The van der Waals surface area contributed by atoms with Gasteiger partial charge in [-0.05, 0) is 46.3 Å². The summed E-state index contributed by atoms with van der Waals surface area (Å²) in [5.74, 6) is -72.1. The molecule has 0 aliphatic carbocycles. The summed E-state index contributed by atoms with van der Waals surface area (Å²) in [6.07, 6.45) is -5.39. The molecule has 0 saturated carbocycles. The molecule has 27 heteroatoms. The summed E-state index contributed by atoms with van der Waals surface area (Å²) in [6, 6.07) is 19.2. The first-order valence-electron chi connectivity index (χ1n) is 18.1. The van der Waals surface area contributed by atoms with Gasteiger partial charge >= 0.3 is 9.95 Å². The van der Waals surface area contributed by atoms with Crippen LogP contribution in [0.1, 0.15) is 16.1 Å². The summed E-state index contributed by atoms with van der Waals surface area (Å²) in [7, 11) is 0. The van der Waals surface area contributed by atoms with E-state index >= 15 is 35.1 Å². The maximum Gasteiger partial charge on any atom is 0.407 e. The lowest BCUT2D eigenvalue weighted by atomic mass is 9.12. The number of esters is 1. The van der Waals surface area contributed by atoms with Gasteiger partial charge in [-0.3, -0.25) is 0 Å². The van der Waals surface area contributed by atoms with Gasteiger partial charge in [-0.25, -0.2) is 92.6 Å². The number of pyridine rings is 1. The van der Waals surface area contributed by atoms with Crippen LogP contribution in [0.2, 0.25) is 0 Å². The van der Waals surface area contributed by atoms with Crippen molar-refractivity contribution in [3.63, 3.8) is 0 Å². The van der Waals surface area contributed by atoms with Gasteiger partial charge in [0.25, 0.3) is 5.69 Å². The van der Waals surface area contributed by atoms with E-state index in [9.17, 15) is 57.5 Å². The Morgan fingerprint density at radius 1 is 0.420 bits per heavy atom. The molecule has 1 heterocycles. The second-order valence-electron chi connectivity index (χ2n) is 14.0. The molecule has 0 aliphatic rings. The number of fused-ring (bicyclic) bond motifs is 1. The number of carbonyl (C=O) groups excluding carboxylic acids is 1. The van der Waals surface area contributed by atoms with Crippen molar-refractivity contribution < 1.29 is 102 Å². The van der Waals surface area contributed by atoms with Crippen LogP contribution in [-0.2, 0) is 11.3 Å². The van der Waals surface area contributed by atoms with Gasteiger partial charge in [0.15, 0.2) is 82.5 Å². The number of carbonyl (C=O) groups is 1. The van der Waals surface area contributed by atoms with Crippen molar-refractivity contribution in [3.8, 4) is 0 Å². The third kappa shape index (κ3) is 8.74. The third-order valence-corrected chi connectivity index (χ3v) is 10.5. The van der Waals surface area contributed by atoms with Crippen molar-refractivity contribution in [1.82, 2.24) is 0 Å². The Morgan fingerprint density at radius 2 is 0.710 bits per heavy atom. The molecule has 0 fully saturated rings. The van der Waals surface area contributed by atoms with Crippen molar-refractivity contribution in [2.24, 2.45) is 0 Å². The van der Waals surface area contributed by atoms with E-state index in [0.29, 0.717) is 12.2 Å². The molecule has 0 bridgehead atoms. The van der Waals surface area contributed by atoms with E-state index in [1.54, 1.807) is 4.57 Å². The monoisotopic (exact) mass is 1060 g/mol. The number of halogens is 23. The fourth-order valence-corrected chi connectivity index (χ4v) is 7.63. The molecule has 0 radical (unpaired) electrons. The highest BCUT2D eigenvalue weighted by molar-refractivity contribution is 7.20. The minimum atomic E-state index is -7.22. The van der Waals surface area contributed by atoms with Crippen LogP contribution in [0.4, 0.5) is 87.8 Å². The Balaban J connectivity index is 0.000000273. The largest absolute Gasteiger partial charge is 0.407 e. The minimum absolute atomic E-state index is 0.336. The van der Waals surface area contributed by atoms with Crippen molar-refractivity contribution in [1.29, 1.82) is 0 Å². The summed E-state index contributed by atoms with van der Waals surface area (Å²) in [5.41, 5.74) is -13.0. The fraction of sp³-hybridized carbons (Fsp3) is 0.0476. The topological polar surface area (TPSA) is 30.2 Å². The highest BCUT2D eigenvalue weighted by Gasteiger charge is 2.52. The number of ether oxygens (including phenoxy) is 1. The van der Waals surface area contributed by atoms with E-state index in [-0.39, 0.29) is 0 Å². The van der Waals surface area contributed by atoms with E-state index in [4.69, 9.17) is 39.5 Å². The second kappa shape index (κ2) is 19.3. The van der Waals surface area contributed by atoms with E-state index in [0.717, 1.165) is 16.3 Å². The molecule has 0 atom stereocenters. The Labute approximate surface area is 385 Å². The molecule has 3 nitrogen and oxygen atoms in total. The van der Waals surface area contributed by atoms with Crippen LogP contribution in [0.25, 0.3) is 10.8 Å². The summed E-state index contributed by atoms with van der Waals surface area (Å²) >= 11 is 16.9.